The van der Waals surface area contributed by atoms with Gasteiger partial charge < -0.3 is 4.74 Å². The number of ether oxygens (including phenoxy) is 1. The van der Waals surface area contributed by atoms with Crippen LogP contribution in [0.25, 0.3) is 0 Å². The molecule has 0 aliphatic heterocycles. The minimum atomic E-state index is -0.132. The van der Waals surface area contributed by atoms with Crippen LogP contribution in [0.4, 0.5) is 5.69 Å². The van der Waals surface area contributed by atoms with Crippen LogP contribution in [0.5, 0.6) is 0 Å². The molecule has 0 aromatic heterocycles. The quantitative estimate of drug-likeness (QED) is 0.315. The molecule has 1 aromatic carbocycles. The van der Waals surface area contributed by atoms with E-state index in [9.17, 15) is 4.79 Å². The van der Waals surface area contributed by atoms with Gasteiger partial charge in [-0.05, 0) is 30.9 Å². The van der Waals surface area contributed by atoms with E-state index in [0.29, 0.717) is 6.61 Å². The third kappa shape index (κ3) is 4.87. The lowest BCUT2D eigenvalue weighted by molar-refractivity contribution is -0.117. The second-order valence-electron chi connectivity index (χ2n) is 4.66. The summed E-state index contributed by atoms with van der Waals surface area (Å²) in [5, 5.41) is 0. The van der Waals surface area contributed by atoms with Crippen molar-refractivity contribution in [3.8, 4) is 0 Å². The number of anilines is 1. The fourth-order valence-electron chi connectivity index (χ4n) is 2.20. The number of allylic oxidation sites excluding steroid dienone is 1. The normalized spacial score (nSPS) is 11.0. The number of aryl methyl sites for hydroxylation is 2. The summed E-state index contributed by atoms with van der Waals surface area (Å²) in [4.78, 5) is 13.9. The predicted octanol–water partition coefficient (Wildman–Crippen LogP) is 3.93. The van der Waals surface area contributed by atoms with Crippen LogP contribution >= 0.6 is 11.6 Å². The number of hydrogen-bond donors (Lipinski definition) is 0. The summed E-state index contributed by atoms with van der Waals surface area (Å²) in [7, 11) is 0. The van der Waals surface area contributed by atoms with Crippen molar-refractivity contribution in [2.75, 3.05) is 24.1 Å². The number of alkyl halides is 1. The van der Waals surface area contributed by atoms with Crippen molar-refractivity contribution in [1.29, 1.82) is 0 Å². The van der Waals surface area contributed by atoms with Crippen molar-refractivity contribution >= 4 is 23.2 Å². The Morgan fingerprint density at radius 1 is 1.29 bits per heavy atom. The number of amides is 1. The van der Waals surface area contributed by atoms with Crippen molar-refractivity contribution in [3.63, 3.8) is 0 Å². The second-order valence-corrected chi connectivity index (χ2v) is 4.92. The van der Waals surface area contributed by atoms with Crippen LogP contribution in [0, 0.1) is 0 Å². The summed E-state index contributed by atoms with van der Waals surface area (Å²) < 4.78 is 5.57. The highest BCUT2D eigenvalue weighted by atomic mass is 35.5. The Labute approximate surface area is 132 Å². The van der Waals surface area contributed by atoms with E-state index < -0.39 is 0 Å². The van der Waals surface area contributed by atoms with Gasteiger partial charge >= 0.3 is 0 Å². The molecule has 1 rings (SSSR count). The molecule has 0 bridgehead atoms. The third-order valence-electron chi connectivity index (χ3n) is 3.32. The van der Waals surface area contributed by atoms with Crippen LogP contribution in [0.1, 0.15) is 31.9 Å². The van der Waals surface area contributed by atoms with Crippen LogP contribution in [-0.2, 0) is 22.4 Å². The van der Waals surface area contributed by atoms with Crippen LogP contribution in [0.15, 0.2) is 30.4 Å². The van der Waals surface area contributed by atoms with E-state index in [1.807, 2.05) is 25.1 Å². The Kier molecular flexibility index (Phi) is 8.09. The molecule has 0 spiro atoms. The van der Waals surface area contributed by atoms with E-state index in [0.717, 1.165) is 29.7 Å². The molecule has 4 heteroatoms. The molecule has 116 valence electrons. The molecule has 0 unspecified atom stereocenters. The largest absolute Gasteiger partial charge is 0.357 e. The number of benzene rings is 1. The van der Waals surface area contributed by atoms with E-state index in [1.165, 1.54) is 0 Å². The van der Waals surface area contributed by atoms with Crippen molar-refractivity contribution in [3.05, 3.63) is 41.5 Å². The Morgan fingerprint density at radius 2 is 1.90 bits per heavy atom. The number of carbonyl (C=O) groups is 1. The number of carbonyl (C=O) groups excluding carboxylic acids is 1. The van der Waals surface area contributed by atoms with Gasteiger partial charge in [-0.1, -0.05) is 44.2 Å². The van der Waals surface area contributed by atoms with Gasteiger partial charge in [-0.2, -0.15) is 0 Å². The van der Waals surface area contributed by atoms with Gasteiger partial charge in [-0.3, -0.25) is 9.69 Å². The fraction of sp³-hybridized carbons (Fsp3) is 0.471. The summed E-state index contributed by atoms with van der Waals surface area (Å²) in [5.41, 5.74) is 3.23. The maximum absolute atomic E-state index is 12.2. The lowest BCUT2D eigenvalue weighted by Crippen LogP contribution is -2.35. The van der Waals surface area contributed by atoms with E-state index in [2.05, 4.69) is 26.0 Å². The van der Waals surface area contributed by atoms with E-state index in [4.69, 9.17) is 16.3 Å². The van der Waals surface area contributed by atoms with Gasteiger partial charge in [-0.15, -0.1) is 11.6 Å². The first kappa shape index (κ1) is 17.7. The SMILES string of the molecule is C/C=C/COCN(C(=O)CCl)c1c(CC)cccc1CC. The molecule has 0 aliphatic rings. The highest BCUT2D eigenvalue weighted by Gasteiger charge is 2.20. The predicted molar refractivity (Wildman–Crippen MR) is 89.0 cm³/mol. The van der Waals surface area contributed by atoms with Crippen molar-refractivity contribution in [1.82, 2.24) is 0 Å². The summed E-state index contributed by atoms with van der Waals surface area (Å²) in [5.74, 6) is -0.179. The zero-order valence-electron chi connectivity index (χ0n) is 13.1. The molecule has 0 aliphatic carbocycles. The first-order chi connectivity index (χ1) is 10.2. The smallest absolute Gasteiger partial charge is 0.243 e. The van der Waals surface area contributed by atoms with Gasteiger partial charge in [0.05, 0.1) is 12.3 Å². The first-order valence-corrected chi connectivity index (χ1v) is 7.88. The summed E-state index contributed by atoms with van der Waals surface area (Å²) in [6.45, 7) is 6.81. The van der Waals surface area contributed by atoms with Crippen LogP contribution in [0.3, 0.4) is 0 Å². The monoisotopic (exact) mass is 309 g/mol. The standard InChI is InChI=1S/C17H24ClNO2/c1-4-7-11-21-13-19(16(20)12-18)17-14(5-2)9-8-10-15(17)6-3/h4,7-10H,5-6,11-13H2,1-3H3/b7-4+. The highest BCUT2D eigenvalue weighted by Crippen LogP contribution is 2.27. The van der Waals surface area contributed by atoms with Crippen molar-refractivity contribution in [2.24, 2.45) is 0 Å². The van der Waals surface area contributed by atoms with Gasteiger partial charge in [0.1, 0.15) is 12.6 Å². The molecule has 1 aromatic rings. The molecule has 0 fully saturated rings. The molecule has 21 heavy (non-hydrogen) atoms. The summed E-state index contributed by atoms with van der Waals surface area (Å²) in [6, 6.07) is 6.13. The molecular formula is C17H24ClNO2. The fourth-order valence-corrected chi connectivity index (χ4v) is 2.35. The van der Waals surface area contributed by atoms with Gasteiger partial charge in [-0.25, -0.2) is 0 Å². The van der Waals surface area contributed by atoms with E-state index >= 15 is 0 Å². The third-order valence-corrected chi connectivity index (χ3v) is 3.55. The number of hydrogen-bond acceptors (Lipinski definition) is 2. The molecule has 0 saturated heterocycles. The van der Waals surface area contributed by atoms with E-state index in [1.54, 1.807) is 4.90 Å². The summed E-state index contributed by atoms with van der Waals surface area (Å²) >= 11 is 5.77. The Balaban J connectivity index is 3.09. The minimum Gasteiger partial charge on any atom is -0.357 e. The lowest BCUT2D eigenvalue weighted by Gasteiger charge is -2.26. The van der Waals surface area contributed by atoms with Crippen LogP contribution < -0.4 is 4.90 Å². The second kappa shape index (κ2) is 9.59. The molecule has 0 atom stereocenters. The van der Waals surface area contributed by atoms with Crippen LogP contribution in [-0.4, -0.2) is 25.1 Å². The average molecular weight is 310 g/mol. The molecule has 0 saturated carbocycles. The number of rotatable bonds is 8. The van der Waals surface area contributed by atoms with Crippen molar-refractivity contribution in [2.45, 2.75) is 33.6 Å². The van der Waals surface area contributed by atoms with Gasteiger partial charge in [0.2, 0.25) is 5.91 Å². The Morgan fingerprint density at radius 3 is 2.38 bits per heavy atom. The number of nitrogens with zero attached hydrogens (tertiary/aromatic N) is 1. The lowest BCUT2D eigenvalue weighted by atomic mass is 10.0. The number of halogens is 1. The Hall–Kier alpha value is -1.32. The van der Waals surface area contributed by atoms with E-state index in [-0.39, 0.29) is 18.5 Å². The summed E-state index contributed by atoms with van der Waals surface area (Å²) in [6.07, 6.45) is 5.56. The van der Waals surface area contributed by atoms with Crippen LogP contribution in [0.2, 0.25) is 0 Å². The zero-order chi connectivity index (χ0) is 15.7. The number of para-hydroxylation sites is 1. The topological polar surface area (TPSA) is 29.5 Å². The molecule has 0 N–H and O–H groups in total. The minimum absolute atomic E-state index is 0.0474. The molecule has 1 amide bonds. The maximum atomic E-state index is 12.2. The molecular weight excluding hydrogens is 286 g/mol. The molecule has 0 radical (unpaired) electrons. The maximum Gasteiger partial charge on any atom is 0.243 e. The van der Waals surface area contributed by atoms with Crippen molar-refractivity contribution < 1.29 is 9.53 Å². The Bertz CT molecular complexity index is 463. The zero-order valence-corrected chi connectivity index (χ0v) is 13.8. The molecule has 0 heterocycles. The van der Waals surface area contributed by atoms with Gasteiger partial charge in [0, 0.05) is 0 Å². The highest BCUT2D eigenvalue weighted by molar-refractivity contribution is 6.29. The average Bonchev–Trinajstić information content (AvgIpc) is 2.53. The molecule has 3 nitrogen and oxygen atoms in total. The van der Waals surface area contributed by atoms with Gasteiger partial charge in [0.15, 0.2) is 0 Å². The first-order valence-electron chi connectivity index (χ1n) is 7.35. The van der Waals surface area contributed by atoms with Gasteiger partial charge in [0.25, 0.3) is 0 Å².